The first kappa shape index (κ1) is 15.1. The monoisotopic (exact) mass is 330 g/mol. The van der Waals surface area contributed by atoms with Gasteiger partial charge >= 0.3 is 0 Å². The molecule has 1 heterocycles. The zero-order valence-corrected chi connectivity index (χ0v) is 12.4. The highest BCUT2D eigenvalue weighted by atomic mass is 35.5. The first-order valence-corrected chi connectivity index (χ1v) is 6.97. The fraction of sp³-hybridized carbons (Fsp3) is 0.0625. The summed E-state index contributed by atoms with van der Waals surface area (Å²) in [5.41, 5.74) is 0.238. The van der Waals surface area contributed by atoms with E-state index in [0.717, 1.165) is 0 Å². The molecule has 0 fully saturated rings. The van der Waals surface area contributed by atoms with Crippen LogP contribution in [0.2, 0.25) is 5.02 Å². The number of fused-ring (bicyclic) bond motifs is 1. The van der Waals surface area contributed by atoms with Crippen molar-refractivity contribution in [3.63, 3.8) is 0 Å². The van der Waals surface area contributed by atoms with Crippen LogP contribution in [0, 0.1) is 0 Å². The second kappa shape index (κ2) is 5.73. The van der Waals surface area contributed by atoms with Crippen LogP contribution >= 0.6 is 11.6 Å². The third-order valence-electron chi connectivity index (χ3n) is 3.28. The zero-order chi connectivity index (χ0) is 16.6. The third kappa shape index (κ3) is 2.89. The van der Waals surface area contributed by atoms with E-state index in [2.05, 4.69) is 0 Å². The van der Waals surface area contributed by atoms with Gasteiger partial charge in [0.15, 0.2) is 0 Å². The molecule has 0 saturated carbocycles. The summed E-state index contributed by atoms with van der Waals surface area (Å²) in [5.74, 6) is -1.99. The van der Waals surface area contributed by atoms with Gasteiger partial charge in [-0.3, -0.25) is 14.5 Å². The SMILES string of the molecule is O=C([O-])CN1C(=O)c2ccc(Oc3ccc(Cl)cc3)cc2C1=O. The van der Waals surface area contributed by atoms with Gasteiger partial charge in [0.25, 0.3) is 11.8 Å². The van der Waals surface area contributed by atoms with Gasteiger partial charge in [0.1, 0.15) is 11.5 Å². The van der Waals surface area contributed by atoms with Crippen molar-refractivity contribution in [3.05, 3.63) is 58.6 Å². The molecule has 0 N–H and O–H groups in total. The van der Waals surface area contributed by atoms with Crippen LogP contribution in [0.3, 0.4) is 0 Å². The Balaban J connectivity index is 1.88. The summed E-state index contributed by atoms with van der Waals surface area (Å²) in [5, 5.41) is 11.2. The summed E-state index contributed by atoms with van der Waals surface area (Å²) in [6.07, 6.45) is 0. The Morgan fingerprint density at radius 3 is 2.26 bits per heavy atom. The van der Waals surface area contributed by atoms with Crippen LogP contribution in [0.15, 0.2) is 42.5 Å². The van der Waals surface area contributed by atoms with Crippen molar-refractivity contribution in [1.29, 1.82) is 0 Å². The summed E-state index contributed by atoms with van der Waals surface area (Å²) in [4.78, 5) is 35.4. The summed E-state index contributed by atoms with van der Waals surface area (Å²) >= 11 is 5.79. The summed E-state index contributed by atoms with van der Waals surface area (Å²) < 4.78 is 5.59. The van der Waals surface area contributed by atoms with E-state index >= 15 is 0 Å². The van der Waals surface area contributed by atoms with Crippen LogP contribution in [0.1, 0.15) is 20.7 Å². The number of benzene rings is 2. The molecule has 6 nitrogen and oxygen atoms in total. The van der Waals surface area contributed by atoms with Gasteiger partial charge in [0.2, 0.25) is 0 Å². The second-order valence-electron chi connectivity index (χ2n) is 4.83. The molecule has 0 bridgehead atoms. The molecule has 3 rings (SSSR count). The molecule has 7 heteroatoms. The van der Waals surface area contributed by atoms with Crippen molar-refractivity contribution in [2.24, 2.45) is 0 Å². The molecule has 2 aromatic carbocycles. The Bertz CT molecular complexity index is 816. The number of nitrogens with zero attached hydrogens (tertiary/aromatic N) is 1. The second-order valence-corrected chi connectivity index (χ2v) is 5.27. The predicted octanol–water partition coefficient (Wildman–Crippen LogP) is 1.48. The number of aliphatic carboxylic acids is 1. The van der Waals surface area contributed by atoms with Gasteiger partial charge in [-0.1, -0.05) is 11.6 Å². The highest BCUT2D eigenvalue weighted by Crippen LogP contribution is 2.29. The third-order valence-corrected chi connectivity index (χ3v) is 3.53. The van der Waals surface area contributed by atoms with Crippen molar-refractivity contribution in [2.45, 2.75) is 0 Å². The first-order chi connectivity index (χ1) is 11.0. The number of halogens is 1. The molecular weight excluding hydrogens is 322 g/mol. The number of imide groups is 1. The Hall–Kier alpha value is -2.86. The number of carboxylic acid groups (broad SMARTS) is 1. The summed E-state index contributed by atoms with van der Waals surface area (Å²) in [6.45, 7) is -0.778. The maximum Gasteiger partial charge on any atom is 0.262 e. The average molecular weight is 331 g/mol. The van der Waals surface area contributed by atoms with E-state index in [1.54, 1.807) is 24.3 Å². The van der Waals surface area contributed by atoms with E-state index < -0.39 is 24.3 Å². The lowest BCUT2D eigenvalue weighted by Crippen LogP contribution is -2.41. The van der Waals surface area contributed by atoms with Crippen LogP contribution in [0.5, 0.6) is 11.5 Å². The number of hydrogen-bond donors (Lipinski definition) is 0. The maximum absolute atomic E-state index is 12.1. The van der Waals surface area contributed by atoms with Gasteiger partial charge in [0, 0.05) is 5.02 Å². The quantitative estimate of drug-likeness (QED) is 0.792. The van der Waals surface area contributed by atoms with Gasteiger partial charge in [-0.15, -0.1) is 0 Å². The van der Waals surface area contributed by atoms with E-state index in [1.807, 2.05) is 0 Å². The van der Waals surface area contributed by atoms with E-state index in [9.17, 15) is 19.5 Å². The van der Waals surface area contributed by atoms with Gasteiger partial charge < -0.3 is 14.6 Å². The number of ether oxygens (including phenoxy) is 1. The number of carboxylic acids is 1. The van der Waals surface area contributed by atoms with E-state index in [0.29, 0.717) is 21.4 Å². The van der Waals surface area contributed by atoms with Gasteiger partial charge in [-0.05, 0) is 42.5 Å². The van der Waals surface area contributed by atoms with Crippen molar-refractivity contribution in [1.82, 2.24) is 4.90 Å². The van der Waals surface area contributed by atoms with E-state index in [1.165, 1.54) is 18.2 Å². The standard InChI is InChI=1S/C16H10ClNO5/c17-9-1-3-10(4-2-9)23-11-5-6-12-13(7-11)16(22)18(15(12)21)8-14(19)20/h1-7H,8H2,(H,19,20)/p-1. The molecule has 23 heavy (non-hydrogen) atoms. The smallest absolute Gasteiger partial charge is 0.262 e. The van der Waals surface area contributed by atoms with Crippen molar-refractivity contribution in [3.8, 4) is 11.5 Å². The number of rotatable bonds is 4. The molecule has 0 radical (unpaired) electrons. The van der Waals surface area contributed by atoms with Crippen LogP contribution in [0.4, 0.5) is 0 Å². The first-order valence-electron chi connectivity index (χ1n) is 6.59. The lowest BCUT2D eigenvalue weighted by molar-refractivity contribution is -0.305. The van der Waals surface area contributed by atoms with Crippen molar-refractivity contribution >= 4 is 29.4 Å². The van der Waals surface area contributed by atoms with Gasteiger partial charge in [0.05, 0.1) is 23.6 Å². The molecule has 0 atom stereocenters. The molecule has 1 aliphatic heterocycles. The number of hydrogen-bond acceptors (Lipinski definition) is 5. The Labute approximate surface area is 135 Å². The molecule has 116 valence electrons. The van der Waals surface area contributed by atoms with Crippen LogP contribution in [-0.2, 0) is 4.79 Å². The van der Waals surface area contributed by atoms with E-state index in [4.69, 9.17) is 16.3 Å². The van der Waals surface area contributed by atoms with Crippen LogP contribution in [0.25, 0.3) is 0 Å². The molecule has 0 aromatic heterocycles. The average Bonchev–Trinajstić information content (AvgIpc) is 2.74. The van der Waals surface area contributed by atoms with Gasteiger partial charge in [-0.2, -0.15) is 0 Å². The number of amides is 2. The fourth-order valence-corrected chi connectivity index (χ4v) is 2.37. The molecule has 0 unspecified atom stereocenters. The molecule has 2 amide bonds. The molecule has 2 aromatic rings. The van der Waals surface area contributed by atoms with Crippen molar-refractivity contribution < 1.29 is 24.2 Å². The molecule has 0 aliphatic carbocycles. The molecule has 0 spiro atoms. The minimum absolute atomic E-state index is 0.0997. The number of carbonyl (C=O) groups is 3. The van der Waals surface area contributed by atoms with Crippen LogP contribution in [-0.4, -0.2) is 29.2 Å². The predicted molar refractivity (Wildman–Crippen MR) is 78.3 cm³/mol. The highest BCUT2D eigenvalue weighted by Gasteiger charge is 2.35. The Morgan fingerprint density at radius 1 is 1.00 bits per heavy atom. The highest BCUT2D eigenvalue weighted by molar-refractivity contribution is 6.30. The summed E-state index contributed by atoms with van der Waals surface area (Å²) in [6, 6.07) is 11.0. The number of carbonyl (C=O) groups excluding carboxylic acids is 3. The molecule has 0 saturated heterocycles. The largest absolute Gasteiger partial charge is 0.548 e. The summed E-state index contributed by atoms with van der Waals surface area (Å²) in [7, 11) is 0. The minimum atomic E-state index is -1.50. The maximum atomic E-state index is 12.1. The lowest BCUT2D eigenvalue weighted by atomic mass is 10.1. The fourth-order valence-electron chi connectivity index (χ4n) is 2.24. The van der Waals surface area contributed by atoms with Crippen molar-refractivity contribution in [2.75, 3.05) is 6.54 Å². The normalized spacial score (nSPS) is 13.2. The molecule has 1 aliphatic rings. The van der Waals surface area contributed by atoms with Crippen LogP contribution < -0.4 is 9.84 Å². The Morgan fingerprint density at radius 2 is 1.61 bits per heavy atom. The topological polar surface area (TPSA) is 86.7 Å². The lowest BCUT2D eigenvalue weighted by Gasteiger charge is -2.13. The molecular formula is C16H9ClNO5-. The van der Waals surface area contributed by atoms with Gasteiger partial charge in [-0.25, -0.2) is 0 Å². The van der Waals surface area contributed by atoms with E-state index in [-0.39, 0.29) is 11.1 Å². The minimum Gasteiger partial charge on any atom is -0.548 e. The Kier molecular flexibility index (Phi) is 3.75. The zero-order valence-electron chi connectivity index (χ0n) is 11.6.